The molecule has 3 aromatic rings. The fourth-order valence-corrected chi connectivity index (χ4v) is 2.54. The third kappa shape index (κ3) is 4.98. The zero-order chi connectivity index (χ0) is 20.6. The van der Waals surface area contributed by atoms with Gasteiger partial charge in [0.05, 0.1) is 0 Å². The molecule has 0 spiro atoms. The molecule has 0 bridgehead atoms. The summed E-state index contributed by atoms with van der Waals surface area (Å²) in [6.07, 6.45) is 1.07. The summed E-state index contributed by atoms with van der Waals surface area (Å²) in [5, 5.41) is 10.2. The van der Waals surface area contributed by atoms with Gasteiger partial charge in [-0.1, -0.05) is 31.7 Å². The molecular weight excluding hydrogens is 377 g/mol. The number of amides is 1. The SMILES string of the molecule is C=CCOc1ccc(-c2nonc2NC(=O)C(CC)Oc2ccccc2F)cc1. The quantitative estimate of drug-likeness (QED) is 0.544. The normalized spacial score (nSPS) is 11.5. The molecule has 1 aromatic heterocycles. The van der Waals surface area contributed by atoms with Gasteiger partial charge in [0.1, 0.15) is 12.4 Å². The van der Waals surface area contributed by atoms with Crippen molar-refractivity contribution in [3.63, 3.8) is 0 Å². The minimum atomic E-state index is -0.911. The zero-order valence-electron chi connectivity index (χ0n) is 15.8. The maximum atomic E-state index is 13.8. The number of aromatic nitrogens is 2. The van der Waals surface area contributed by atoms with Crippen LogP contribution in [0, 0.1) is 5.82 Å². The van der Waals surface area contributed by atoms with Gasteiger partial charge in [-0.25, -0.2) is 9.02 Å². The molecule has 150 valence electrons. The lowest BCUT2D eigenvalue weighted by Gasteiger charge is -2.17. The van der Waals surface area contributed by atoms with E-state index in [9.17, 15) is 9.18 Å². The summed E-state index contributed by atoms with van der Waals surface area (Å²) in [6.45, 7) is 5.75. The smallest absolute Gasteiger partial charge is 0.266 e. The van der Waals surface area contributed by atoms with Crippen molar-refractivity contribution in [1.29, 1.82) is 0 Å². The third-order valence-corrected chi connectivity index (χ3v) is 3.99. The first-order valence-electron chi connectivity index (χ1n) is 9.01. The Labute approximate surface area is 167 Å². The van der Waals surface area contributed by atoms with Crippen LogP contribution < -0.4 is 14.8 Å². The number of benzene rings is 2. The molecule has 0 saturated carbocycles. The predicted octanol–water partition coefficient (Wildman–Crippen LogP) is 4.24. The number of rotatable bonds is 9. The van der Waals surface area contributed by atoms with Crippen molar-refractivity contribution < 1.29 is 23.3 Å². The first kappa shape index (κ1) is 20.1. The van der Waals surface area contributed by atoms with E-state index in [0.717, 1.165) is 0 Å². The van der Waals surface area contributed by atoms with Gasteiger partial charge in [-0.2, -0.15) is 0 Å². The number of hydrogen-bond acceptors (Lipinski definition) is 6. The van der Waals surface area contributed by atoms with E-state index in [1.54, 1.807) is 49.4 Å². The van der Waals surface area contributed by atoms with E-state index in [0.29, 0.717) is 30.0 Å². The van der Waals surface area contributed by atoms with Crippen LogP contribution >= 0.6 is 0 Å². The second kappa shape index (κ2) is 9.50. The van der Waals surface area contributed by atoms with Gasteiger partial charge >= 0.3 is 0 Å². The van der Waals surface area contributed by atoms with Crippen molar-refractivity contribution in [2.45, 2.75) is 19.4 Å². The molecule has 1 amide bonds. The Bertz CT molecular complexity index is 972. The van der Waals surface area contributed by atoms with Crippen LogP contribution in [0.15, 0.2) is 65.8 Å². The molecule has 1 heterocycles. The van der Waals surface area contributed by atoms with Crippen LogP contribution in [-0.4, -0.2) is 28.9 Å². The first-order chi connectivity index (χ1) is 14.1. The monoisotopic (exact) mass is 397 g/mol. The van der Waals surface area contributed by atoms with Crippen molar-refractivity contribution in [3.05, 3.63) is 67.0 Å². The average molecular weight is 397 g/mol. The number of halogens is 1. The standard InChI is InChI=1S/C21H20FN3O4/c1-3-13-27-15-11-9-14(10-12-15)19-20(25-29-24-19)23-21(26)17(4-2)28-18-8-6-5-7-16(18)22/h3,5-12,17H,1,4,13H2,2H3,(H,23,25,26). The summed E-state index contributed by atoms with van der Waals surface area (Å²) in [6, 6.07) is 13.0. The van der Waals surface area contributed by atoms with Gasteiger partial charge < -0.3 is 14.8 Å². The van der Waals surface area contributed by atoms with E-state index in [-0.39, 0.29) is 11.6 Å². The summed E-state index contributed by atoms with van der Waals surface area (Å²) in [7, 11) is 0. The van der Waals surface area contributed by atoms with E-state index in [1.807, 2.05) is 0 Å². The van der Waals surface area contributed by atoms with Crippen molar-refractivity contribution in [1.82, 2.24) is 10.3 Å². The second-order valence-corrected chi connectivity index (χ2v) is 6.02. The summed E-state index contributed by atoms with van der Waals surface area (Å²) in [5.74, 6) is -0.214. The number of para-hydroxylation sites is 1. The molecule has 1 atom stereocenters. The molecule has 0 aliphatic rings. The van der Waals surface area contributed by atoms with Crippen LogP contribution in [-0.2, 0) is 4.79 Å². The Morgan fingerprint density at radius 1 is 1.24 bits per heavy atom. The van der Waals surface area contributed by atoms with Crippen LogP contribution in [0.1, 0.15) is 13.3 Å². The highest BCUT2D eigenvalue weighted by molar-refractivity contribution is 5.96. The Hall–Kier alpha value is -3.68. The van der Waals surface area contributed by atoms with Crippen LogP contribution in [0.3, 0.4) is 0 Å². The third-order valence-electron chi connectivity index (χ3n) is 3.99. The molecule has 0 radical (unpaired) electrons. The Kier molecular flexibility index (Phi) is 6.57. The minimum absolute atomic E-state index is 0.00288. The molecule has 1 unspecified atom stereocenters. The largest absolute Gasteiger partial charge is 0.490 e. The Morgan fingerprint density at radius 2 is 2.00 bits per heavy atom. The number of nitrogens with zero attached hydrogens (tertiary/aromatic N) is 2. The minimum Gasteiger partial charge on any atom is -0.490 e. The number of nitrogens with one attached hydrogen (secondary N) is 1. The van der Waals surface area contributed by atoms with Crippen molar-refractivity contribution in [2.24, 2.45) is 0 Å². The predicted molar refractivity (Wildman–Crippen MR) is 105 cm³/mol. The molecule has 0 aliphatic heterocycles. The topological polar surface area (TPSA) is 86.5 Å². The maximum Gasteiger partial charge on any atom is 0.266 e. The molecule has 1 N–H and O–H groups in total. The molecule has 0 fully saturated rings. The number of hydrogen-bond donors (Lipinski definition) is 1. The summed E-state index contributed by atoms with van der Waals surface area (Å²) >= 11 is 0. The van der Waals surface area contributed by atoms with Crippen molar-refractivity contribution in [2.75, 3.05) is 11.9 Å². The summed E-state index contributed by atoms with van der Waals surface area (Å²) < 4.78 is 29.6. The van der Waals surface area contributed by atoms with E-state index < -0.39 is 17.8 Å². The van der Waals surface area contributed by atoms with E-state index in [1.165, 1.54) is 12.1 Å². The molecule has 0 aliphatic carbocycles. The first-order valence-corrected chi connectivity index (χ1v) is 9.01. The Morgan fingerprint density at radius 3 is 2.69 bits per heavy atom. The average Bonchev–Trinajstić information content (AvgIpc) is 3.20. The highest BCUT2D eigenvalue weighted by atomic mass is 19.1. The number of carbonyl (C=O) groups excluding carboxylic acids is 1. The van der Waals surface area contributed by atoms with Gasteiger partial charge in [-0.05, 0) is 53.1 Å². The highest BCUT2D eigenvalue weighted by Gasteiger charge is 2.23. The highest BCUT2D eigenvalue weighted by Crippen LogP contribution is 2.27. The van der Waals surface area contributed by atoms with Crippen molar-refractivity contribution in [3.8, 4) is 22.8 Å². The Balaban J connectivity index is 1.72. The van der Waals surface area contributed by atoms with Gasteiger partial charge in [-0.3, -0.25) is 4.79 Å². The molecule has 2 aromatic carbocycles. The lowest BCUT2D eigenvalue weighted by Crippen LogP contribution is -2.32. The van der Waals surface area contributed by atoms with E-state index >= 15 is 0 Å². The number of carbonyl (C=O) groups is 1. The van der Waals surface area contributed by atoms with Crippen LogP contribution in [0.2, 0.25) is 0 Å². The fraction of sp³-hybridized carbons (Fsp3) is 0.190. The molecule has 3 rings (SSSR count). The molecule has 7 nitrogen and oxygen atoms in total. The van der Waals surface area contributed by atoms with Gasteiger partial charge in [0.15, 0.2) is 23.4 Å². The van der Waals surface area contributed by atoms with Crippen LogP contribution in [0.4, 0.5) is 10.2 Å². The van der Waals surface area contributed by atoms with Crippen LogP contribution in [0.25, 0.3) is 11.3 Å². The molecule has 0 saturated heterocycles. The van der Waals surface area contributed by atoms with Crippen molar-refractivity contribution >= 4 is 11.7 Å². The van der Waals surface area contributed by atoms with E-state index in [4.69, 9.17) is 14.1 Å². The van der Waals surface area contributed by atoms with Gasteiger partial charge in [0.2, 0.25) is 5.82 Å². The molecule has 8 heteroatoms. The van der Waals surface area contributed by atoms with Gasteiger partial charge in [0.25, 0.3) is 5.91 Å². The fourth-order valence-electron chi connectivity index (χ4n) is 2.54. The molecular formula is C21H20FN3O4. The number of ether oxygens (including phenoxy) is 2. The van der Waals surface area contributed by atoms with Crippen LogP contribution in [0.5, 0.6) is 11.5 Å². The van der Waals surface area contributed by atoms with Gasteiger partial charge in [-0.15, -0.1) is 0 Å². The van der Waals surface area contributed by atoms with E-state index in [2.05, 4.69) is 22.2 Å². The second-order valence-electron chi connectivity index (χ2n) is 6.02. The lowest BCUT2D eigenvalue weighted by molar-refractivity contribution is -0.122. The number of anilines is 1. The summed E-state index contributed by atoms with van der Waals surface area (Å²) in [4.78, 5) is 12.6. The summed E-state index contributed by atoms with van der Waals surface area (Å²) in [5.41, 5.74) is 1.03. The van der Waals surface area contributed by atoms with Gasteiger partial charge in [0, 0.05) is 5.56 Å². The lowest BCUT2D eigenvalue weighted by atomic mass is 10.1. The zero-order valence-corrected chi connectivity index (χ0v) is 15.8. The molecule has 29 heavy (non-hydrogen) atoms. The maximum absolute atomic E-state index is 13.8.